The lowest BCUT2D eigenvalue weighted by Crippen LogP contribution is -2.42. The highest BCUT2D eigenvalue weighted by molar-refractivity contribution is 6.78. The minimum atomic E-state index is -1.42. The highest BCUT2D eigenvalue weighted by Gasteiger charge is 2.35. The molecule has 23 heavy (non-hydrogen) atoms. The highest BCUT2D eigenvalue weighted by atomic mass is 28.3. The summed E-state index contributed by atoms with van der Waals surface area (Å²) in [6.07, 6.45) is 1.90. The van der Waals surface area contributed by atoms with Crippen molar-refractivity contribution < 1.29 is 9.53 Å². The molecule has 1 aromatic carbocycles. The minimum absolute atomic E-state index is 0.118. The average molecular weight is 332 g/mol. The molecule has 4 heteroatoms. The SMILES string of the molecule is CC(C)N(C(=O)OC1=C[C@H]([Si](C)(C)C)c2ccccc21)C(C)C. The quantitative estimate of drug-likeness (QED) is 0.705. The fraction of sp³-hybridized carbons (Fsp3) is 0.526. The molecule has 0 saturated heterocycles. The topological polar surface area (TPSA) is 29.5 Å². The Morgan fingerprint density at radius 3 is 2.17 bits per heavy atom. The lowest BCUT2D eigenvalue weighted by Gasteiger charge is -2.29. The number of carbonyl (C=O) groups is 1. The van der Waals surface area contributed by atoms with Crippen LogP contribution >= 0.6 is 0 Å². The van der Waals surface area contributed by atoms with Gasteiger partial charge in [0.15, 0.2) is 0 Å². The van der Waals surface area contributed by atoms with Gasteiger partial charge in [-0.25, -0.2) is 4.79 Å². The minimum Gasteiger partial charge on any atom is -0.410 e. The van der Waals surface area contributed by atoms with Crippen LogP contribution in [0.3, 0.4) is 0 Å². The number of benzene rings is 1. The van der Waals surface area contributed by atoms with Crippen LogP contribution in [0.5, 0.6) is 0 Å². The first-order valence-corrected chi connectivity index (χ1v) is 12.0. The summed E-state index contributed by atoms with van der Waals surface area (Å²) >= 11 is 0. The standard InChI is InChI=1S/C19H29NO2Si/c1-13(2)20(14(3)4)19(21)22-17-12-18(23(5,6)7)16-11-9-8-10-15(16)17/h8-14,18H,1-7H3/t18-/m0/s1. The van der Waals surface area contributed by atoms with Gasteiger partial charge in [0.1, 0.15) is 5.76 Å². The van der Waals surface area contributed by atoms with Crippen molar-refractivity contribution in [1.29, 1.82) is 0 Å². The molecule has 1 aliphatic rings. The summed E-state index contributed by atoms with van der Waals surface area (Å²) in [7, 11) is -1.42. The second-order valence-electron chi connectivity index (χ2n) is 7.92. The first-order valence-electron chi connectivity index (χ1n) is 8.44. The van der Waals surface area contributed by atoms with Crippen LogP contribution < -0.4 is 0 Å². The van der Waals surface area contributed by atoms with Crippen LogP contribution in [0.25, 0.3) is 5.76 Å². The lowest BCUT2D eigenvalue weighted by molar-refractivity contribution is 0.115. The van der Waals surface area contributed by atoms with Gasteiger partial charge in [0.2, 0.25) is 0 Å². The smallest absolute Gasteiger partial charge is 0.410 e. The number of nitrogens with zero attached hydrogens (tertiary/aromatic N) is 1. The third-order valence-corrected chi connectivity index (χ3v) is 6.68. The molecule has 1 aromatic rings. The molecule has 1 amide bonds. The number of amides is 1. The molecule has 0 unspecified atom stereocenters. The molecule has 0 spiro atoms. The monoisotopic (exact) mass is 331 g/mol. The van der Waals surface area contributed by atoms with Gasteiger partial charge in [-0.15, -0.1) is 0 Å². The molecule has 0 aromatic heterocycles. The largest absolute Gasteiger partial charge is 0.415 e. The van der Waals surface area contributed by atoms with Crippen LogP contribution in [0.1, 0.15) is 44.4 Å². The zero-order valence-electron chi connectivity index (χ0n) is 15.4. The second kappa shape index (κ2) is 6.52. The van der Waals surface area contributed by atoms with Crippen molar-refractivity contribution in [3.63, 3.8) is 0 Å². The van der Waals surface area contributed by atoms with E-state index in [0.717, 1.165) is 11.3 Å². The van der Waals surface area contributed by atoms with Crippen molar-refractivity contribution in [2.75, 3.05) is 0 Å². The van der Waals surface area contributed by atoms with E-state index in [1.165, 1.54) is 5.56 Å². The Labute approximate surface area is 141 Å². The fourth-order valence-corrected chi connectivity index (χ4v) is 5.13. The molecule has 2 rings (SSSR count). The Morgan fingerprint density at radius 1 is 1.09 bits per heavy atom. The summed E-state index contributed by atoms with van der Waals surface area (Å²) in [4.78, 5) is 14.4. The van der Waals surface area contributed by atoms with Crippen molar-refractivity contribution in [3.05, 3.63) is 41.5 Å². The van der Waals surface area contributed by atoms with Crippen LogP contribution in [0.2, 0.25) is 19.6 Å². The van der Waals surface area contributed by atoms with E-state index in [-0.39, 0.29) is 18.2 Å². The molecule has 0 fully saturated rings. The molecular formula is C19H29NO2Si. The lowest BCUT2D eigenvalue weighted by atomic mass is 10.1. The Balaban J connectivity index is 2.31. The summed E-state index contributed by atoms with van der Waals surface area (Å²) in [5.74, 6) is 0.726. The van der Waals surface area contributed by atoms with Crippen LogP contribution in [0.15, 0.2) is 30.3 Å². The van der Waals surface area contributed by atoms with Crippen LogP contribution in [0, 0.1) is 0 Å². The highest BCUT2D eigenvalue weighted by Crippen LogP contribution is 2.41. The molecule has 1 atom stereocenters. The van der Waals surface area contributed by atoms with Gasteiger partial charge in [0, 0.05) is 23.2 Å². The summed E-state index contributed by atoms with van der Waals surface area (Å²) in [6, 6.07) is 8.54. The van der Waals surface area contributed by atoms with Gasteiger partial charge in [0.05, 0.1) is 8.07 Å². The van der Waals surface area contributed by atoms with Crippen LogP contribution in [-0.2, 0) is 4.74 Å². The number of carbonyl (C=O) groups excluding carboxylic acids is 1. The molecule has 0 saturated carbocycles. The summed E-state index contributed by atoms with van der Waals surface area (Å²) in [5, 5.41) is 0. The molecule has 0 heterocycles. The Hall–Kier alpha value is -1.55. The van der Waals surface area contributed by atoms with Gasteiger partial charge in [0.25, 0.3) is 0 Å². The van der Waals surface area contributed by atoms with Crippen LogP contribution in [0.4, 0.5) is 4.79 Å². The maximum atomic E-state index is 12.6. The normalized spacial score (nSPS) is 17.3. The number of allylic oxidation sites excluding steroid dienone is 1. The first-order chi connectivity index (χ1) is 10.6. The predicted molar refractivity (Wildman–Crippen MR) is 99.1 cm³/mol. The summed E-state index contributed by atoms with van der Waals surface area (Å²) < 4.78 is 5.82. The van der Waals surface area contributed by atoms with Gasteiger partial charge in [-0.3, -0.25) is 0 Å². The molecule has 0 bridgehead atoms. The van der Waals surface area contributed by atoms with Gasteiger partial charge < -0.3 is 9.64 Å². The zero-order chi connectivity index (χ0) is 17.4. The maximum Gasteiger partial charge on any atom is 0.415 e. The van der Waals surface area contributed by atoms with E-state index in [4.69, 9.17) is 4.74 Å². The van der Waals surface area contributed by atoms with Gasteiger partial charge in [-0.05, 0) is 39.3 Å². The summed E-state index contributed by atoms with van der Waals surface area (Å²) in [5.41, 5.74) is 2.77. The van der Waals surface area contributed by atoms with E-state index < -0.39 is 8.07 Å². The molecule has 1 aliphatic carbocycles. The van der Waals surface area contributed by atoms with Gasteiger partial charge >= 0.3 is 6.09 Å². The van der Waals surface area contributed by atoms with E-state index in [9.17, 15) is 4.79 Å². The van der Waals surface area contributed by atoms with Gasteiger partial charge in [-0.1, -0.05) is 43.9 Å². The molecule has 3 nitrogen and oxygen atoms in total. The molecule has 0 aliphatic heterocycles. The van der Waals surface area contributed by atoms with Gasteiger partial charge in [-0.2, -0.15) is 0 Å². The maximum absolute atomic E-state index is 12.6. The van der Waals surface area contributed by atoms with Crippen molar-refractivity contribution >= 4 is 19.9 Å². The average Bonchev–Trinajstić information content (AvgIpc) is 2.77. The van der Waals surface area contributed by atoms with Crippen molar-refractivity contribution in [2.45, 2.75) is 65.0 Å². The van der Waals surface area contributed by atoms with Crippen molar-refractivity contribution in [1.82, 2.24) is 4.90 Å². The van der Waals surface area contributed by atoms with Crippen molar-refractivity contribution in [2.24, 2.45) is 0 Å². The summed E-state index contributed by atoms with van der Waals surface area (Å²) in [6.45, 7) is 15.1. The Bertz CT molecular complexity index is 606. The van der Waals surface area contributed by atoms with E-state index in [2.05, 4.69) is 43.9 Å². The predicted octanol–water partition coefficient (Wildman–Crippen LogP) is 5.26. The molecular weight excluding hydrogens is 302 g/mol. The van der Waals surface area contributed by atoms with E-state index in [1.807, 2.05) is 33.8 Å². The molecule has 0 radical (unpaired) electrons. The fourth-order valence-electron chi connectivity index (χ4n) is 3.29. The van der Waals surface area contributed by atoms with Crippen molar-refractivity contribution in [3.8, 4) is 0 Å². The third-order valence-electron chi connectivity index (χ3n) is 4.33. The van der Waals surface area contributed by atoms with E-state index in [0.29, 0.717) is 5.54 Å². The van der Waals surface area contributed by atoms with E-state index >= 15 is 0 Å². The Kier molecular flexibility index (Phi) is 5.04. The third kappa shape index (κ3) is 3.69. The second-order valence-corrected chi connectivity index (χ2v) is 13.3. The number of fused-ring (bicyclic) bond motifs is 1. The number of rotatable bonds is 4. The number of hydrogen-bond acceptors (Lipinski definition) is 2. The Morgan fingerprint density at radius 2 is 1.65 bits per heavy atom. The number of hydrogen-bond donors (Lipinski definition) is 0. The first kappa shape index (κ1) is 17.8. The molecule has 126 valence electrons. The zero-order valence-corrected chi connectivity index (χ0v) is 16.4. The van der Waals surface area contributed by atoms with Crippen LogP contribution in [-0.4, -0.2) is 31.2 Å². The van der Waals surface area contributed by atoms with E-state index in [1.54, 1.807) is 4.90 Å². The molecule has 0 N–H and O–H groups in total. The number of ether oxygens (including phenoxy) is 1.